The Morgan fingerprint density at radius 2 is 1.92 bits per heavy atom. The second-order valence-corrected chi connectivity index (χ2v) is 6.81. The zero-order valence-corrected chi connectivity index (χ0v) is 14.9. The zero-order chi connectivity index (χ0) is 18.3. The Morgan fingerprint density at radius 3 is 2.69 bits per heavy atom. The second kappa shape index (κ2) is 6.46. The number of nitrogens with two attached hydrogens (primary N) is 1. The standard InChI is InChI=1S/C19H16ClN5O/c1-10-18-16(25-19(21)24-10)4-11(5-17(18)26)14-3-2-13(20)6-15(14)12-7-22-9-23-8-12/h2-3,6-9,11H,4-5H2,1H3,(H2,21,24,25). The van der Waals surface area contributed by atoms with Crippen molar-refractivity contribution in [3.63, 3.8) is 0 Å². The summed E-state index contributed by atoms with van der Waals surface area (Å²) in [4.78, 5) is 29.4. The van der Waals surface area contributed by atoms with Gasteiger partial charge in [0.05, 0.1) is 17.0 Å². The van der Waals surface area contributed by atoms with Crippen LogP contribution in [0.5, 0.6) is 0 Å². The van der Waals surface area contributed by atoms with Crippen LogP contribution < -0.4 is 5.73 Å². The average Bonchev–Trinajstić information content (AvgIpc) is 2.61. The third-order valence-corrected chi connectivity index (χ3v) is 4.89. The van der Waals surface area contributed by atoms with E-state index in [0.29, 0.717) is 34.8 Å². The van der Waals surface area contributed by atoms with Gasteiger partial charge in [-0.2, -0.15) is 0 Å². The van der Waals surface area contributed by atoms with Crippen LogP contribution in [0.4, 0.5) is 5.95 Å². The summed E-state index contributed by atoms with van der Waals surface area (Å²) in [5, 5.41) is 0.623. The molecule has 0 spiro atoms. The topological polar surface area (TPSA) is 94.7 Å². The van der Waals surface area contributed by atoms with Crippen molar-refractivity contribution in [3.05, 3.63) is 64.5 Å². The summed E-state index contributed by atoms with van der Waals surface area (Å²) in [6.45, 7) is 1.80. The fourth-order valence-corrected chi connectivity index (χ4v) is 3.76. The molecule has 0 fully saturated rings. The first kappa shape index (κ1) is 16.6. The maximum absolute atomic E-state index is 12.7. The summed E-state index contributed by atoms with van der Waals surface area (Å²) in [6, 6.07) is 5.68. The molecule has 26 heavy (non-hydrogen) atoms. The van der Waals surface area contributed by atoms with Gasteiger partial charge in [-0.15, -0.1) is 0 Å². The van der Waals surface area contributed by atoms with Crippen molar-refractivity contribution in [1.82, 2.24) is 19.9 Å². The molecule has 3 aromatic rings. The Kier molecular flexibility index (Phi) is 4.12. The lowest BCUT2D eigenvalue weighted by Crippen LogP contribution is -2.23. The SMILES string of the molecule is Cc1nc(N)nc2c1C(=O)CC(c1ccc(Cl)cc1-c1cncnc1)C2. The molecule has 0 amide bonds. The van der Waals surface area contributed by atoms with E-state index in [1.54, 1.807) is 19.3 Å². The Hall–Kier alpha value is -2.86. The summed E-state index contributed by atoms with van der Waals surface area (Å²) in [5.74, 6) is 0.220. The number of hydrogen-bond donors (Lipinski definition) is 1. The molecule has 0 radical (unpaired) electrons. The highest BCUT2D eigenvalue weighted by molar-refractivity contribution is 6.30. The number of rotatable bonds is 2. The number of nitrogen functional groups attached to an aromatic ring is 1. The predicted molar refractivity (Wildman–Crippen MR) is 99.1 cm³/mol. The Balaban J connectivity index is 1.81. The van der Waals surface area contributed by atoms with Gasteiger partial charge in [0.2, 0.25) is 5.95 Å². The van der Waals surface area contributed by atoms with Crippen molar-refractivity contribution in [2.75, 3.05) is 5.73 Å². The van der Waals surface area contributed by atoms with Crippen LogP contribution in [0.2, 0.25) is 5.02 Å². The molecule has 1 aliphatic carbocycles. The molecule has 0 bridgehead atoms. The summed E-state index contributed by atoms with van der Waals surface area (Å²) in [5.41, 5.74) is 10.6. The number of ketones is 1. The summed E-state index contributed by atoms with van der Waals surface area (Å²) in [7, 11) is 0. The summed E-state index contributed by atoms with van der Waals surface area (Å²) >= 11 is 6.21. The van der Waals surface area contributed by atoms with Crippen molar-refractivity contribution in [2.24, 2.45) is 0 Å². The van der Waals surface area contributed by atoms with Gasteiger partial charge >= 0.3 is 0 Å². The lowest BCUT2D eigenvalue weighted by molar-refractivity contribution is 0.0962. The van der Waals surface area contributed by atoms with E-state index in [0.717, 1.165) is 16.7 Å². The number of fused-ring (bicyclic) bond motifs is 1. The van der Waals surface area contributed by atoms with E-state index in [9.17, 15) is 4.79 Å². The average molecular weight is 366 g/mol. The zero-order valence-electron chi connectivity index (χ0n) is 14.1. The minimum Gasteiger partial charge on any atom is -0.368 e. The minimum atomic E-state index is -0.0174. The van der Waals surface area contributed by atoms with Gasteiger partial charge in [0, 0.05) is 29.4 Å². The maximum Gasteiger partial charge on any atom is 0.220 e. The Bertz CT molecular complexity index is 1010. The van der Waals surface area contributed by atoms with E-state index in [2.05, 4.69) is 19.9 Å². The number of carbonyl (C=O) groups is 1. The van der Waals surface area contributed by atoms with Crippen molar-refractivity contribution in [1.29, 1.82) is 0 Å². The van der Waals surface area contributed by atoms with Crippen LogP contribution in [-0.4, -0.2) is 25.7 Å². The smallest absolute Gasteiger partial charge is 0.220 e. The quantitative estimate of drug-likeness (QED) is 0.747. The molecule has 7 heteroatoms. The summed E-state index contributed by atoms with van der Waals surface area (Å²) < 4.78 is 0. The highest BCUT2D eigenvalue weighted by Crippen LogP contribution is 2.38. The van der Waals surface area contributed by atoms with E-state index < -0.39 is 0 Å². The van der Waals surface area contributed by atoms with Gasteiger partial charge in [0.15, 0.2) is 5.78 Å². The third-order valence-electron chi connectivity index (χ3n) is 4.66. The number of hydrogen-bond acceptors (Lipinski definition) is 6. The molecule has 4 rings (SSSR count). The normalized spacial score (nSPS) is 16.4. The van der Waals surface area contributed by atoms with Crippen LogP contribution in [0.3, 0.4) is 0 Å². The predicted octanol–water partition coefficient (Wildman–Crippen LogP) is 3.39. The lowest BCUT2D eigenvalue weighted by atomic mass is 9.79. The van der Waals surface area contributed by atoms with E-state index in [-0.39, 0.29) is 17.6 Å². The Morgan fingerprint density at radius 1 is 1.15 bits per heavy atom. The number of Topliss-reactive ketones (excluding diaryl/α,β-unsaturated/α-hetero) is 1. The number of halogens is 1. The van der Waals surface area contributed by atoms with Crippen LogP contribution in [0.15, 0.2) is 36.9 Å². The molecule has 130 valence electrons. The van der Waals surface area contributed by atoms with E-state index in [4.69, 9.17) is 17.3 Å². The number of nitrogens with zero attached hydrogens (tertiary/aromatic N) is 4. The molecule has 2 N–H and O–H groups in total. The molecular weight excluding hydrogens is 350 g/mol. The molecule has 2 heterocycles. The van der Waals surface area contributed by atoms with Crippen molar-refractivity contribution in [3.8, 4) is 11.1 Å². The Labute approximate surface area is 155 Å². The van der Waals surface area contributed by atoms with Gasteiger partial charge in [-0.05, 0) is 42.5 Å². The van der Waals surface area contributed by atoms with Crippen LogP contribution in [0.25, 0.3) is 11.1 Å². The van der Waals surface area contributed by atoms with Crippen LogP contribution in [0.1, 0.15) is 39.6 Å². The van der Waals surface area contributed by atoms with Gasteiger partial charge in [-0.1, -0.05) is 17.7 Å². The van der Waals surface area contributed by atoms with Crippen LogP contribution in [-0.2, 0) is 6.42 Å². The number of aromatic nitrogens is 4. The first-order valence-corrected chi connectivity index (χ1v) is 8.61. The van der Waals surface area contributed by atoms with Gasteiger partial charge in [-0.3, -0.25) is 4.79 Å². The maximum atomic E-state index is 12.7. The molecule has 1 aromatic carbocycles. The van der Waals surface area contributed by atoms with Gasteiger partial charge in [-0.25, -0.2) is 19.9 Å². The van der Waals surface area contributed by atoms with E-state index in [1.807, 2.05) is 18.2 Å². The van der Waals surface area contributed by atoms with Crippen molar-refractivity contribution in [2.45, 2.75) is 25.7 Å². The monoisotopic (exact) mass is 365 g/mol. The van der Waals surface area contributed by atoms with Crippen LogP contribution >= 0.6 is 11.6 Å². The number of aryl methyl sites for hydroxylation is 1. The first-order chi connectivity index (χ1) is 12.5. The molecule has 0 saturated heterocycles. The van der Waals surface area contributed by atoms with E-state index >= 15 is 0 Å². The first-order valence-electron chi connectivity index (χ1n) is 8.24. The van der Waals surface area contributed by atoms with Crippen LogP contribution in [0, 0.1) is 6.92 Å². The van der Waals surface area contributed by atoms with E-state index in [1.165, 1.54) is 6.33 Å². The summed E-state index contributed by atoms with van der Waals surface area (Å²) in [6.07, 6.45) is 5.98. The molecule has 1 aliphatic rings. The van der Waals surface area contributed by atoms with Gasteiger partial charge in [0.1, 0.15) is 6.33 Å². The molecule has 0 aliphatic heterocycles. The fourth-order valence-electron chi connectivity index (χ4n) is 3.59. The lowest BCUT2D eigenvalue weighted by Gasteiger charge is -2.26. The molecule has 1 atom stereocenters. The number of carbonyl (C=O) groups excluding carboxylic acids is 1. The number of anilines is 1. The third kappa shape index (κ3) is 2.93. The van der Waals surface area contributed by atoms with Crippen molar-refractivity contribution >= 4 is 23.3 Å². The highest BCUT2D eigenvalue weighted by Gasteiger charge is 2.31. The molecule has 6 nitrogen and oxygen atoms in total. The van der Waals surface area contributed by atoms with Gasteiger partial charge in [0.25, 0.3) is 0 Å². The number of benzene rings is 1. The fraction of sp³-hybridized carbons (Fsp3) is 0.211. The molecule has 2 aromatic heterocycles. The second-order valence-electron chi connectivity index (χ2n) is 6.38. The molecular formula is C19H16ClN5O. The molecule has 0 saturated carbocycles. The van der Waals surface area contributed by atoms with Gasteiger partial charge < -0.3 is 5.73 Å². The van der Waals surface area contributed by atoms with Crippen molar-refractivity contribution < 1.29 is 4.79 Å². The highest BCUT2D eigenvalue weighted by atomic mass is 35.5. The minimum absolute atomic E-state index is 0.0174. The largest absolute Gasteiger partial charge is 0.368 e. The molecule has 1 unspecified atom stereocenters.